The quantitative estimate of drug-likeness (QED) is 0.312. The van der Waals surface area contributed by atoms with Crippen LogP contribution in [0.25, 0.3) is 0 Å². The van der Waals surface area contributed by atoms with Crippen LogP contribution in [0.3, 0.4) is 0 Å². The summed E-state index contributed by atoms with van der Waals surface area (Å²) < 4.78 is 17.4. The molecule has 0 bridgehead atoms. The summed E-state index contributed by atoms with van der Waals surface area (Å²) in [5.74, 6) is 3.95. The minimum Gasteiger partial charge on any atom is -0.457 e. The molecule has 4 aromatic rings. The van der Waals surface area contributed by atoms with Crippen molar-refractivity contribution >= 4 is 23.2 Å². The largest absolute Gasteiger partial charge is 0.457 e. The number of hydrogen-bond acceptors (Lipinski definition) is 3. The third-order valence-corrected chi connectivity index (χ3v) is 4.64. The molecule has 29 heavy (non-hydrogen) atoms. The lowest BCUT2D eigenvalue weighted by Gasteiger charge is -2.10. The van der Waals surface area contributed by atoms with Gasteiger partial charge in [0.15, 0.2) is 0 Å². The minimum atomic E-state index is 0.562. The highest BCUT2D eigenvalue weighted by molar-refractivity contribution is 6.32. The van der Waals surface area contributed by atoms with E-state index in [1.165, 1.54) is 0 Å². The molecule has 0 aromatic heterocycles. The normalized spacial score (nSPS) is 10.4. The predicted octanol–water partition coefficient (Wildman–Crippen LogP) is 8.37. The van der Waals surface area contributed by atoms with Crippen LogP contribution in [-0.4, -0.2) is 0 Å². The Morgan fingerprint density at radius 1 is 0.379 bits per heavy atom. The van der Waals surface area contributed by atoms with Crippen LogP contribution in [-0.2, 0) is 0 Å². The summed E-state index contributed by atoms with van der Waals surface area (Å²) in [6, 6.07) is 29.3. The summed E-state index contributed by atoms with van der Waals surface area (Å²) in [7, 11) is 0. The third kappa shape index (κ3) is 5.02. The molecule has 4 aromatic carbocycles. The van der Waals surface area contributed by atoms with Gasteiger partial charge in [0.05, 0.1) is 10.0 Å². The fourth-order valence-electron chi connectivity index (χ4n) is 2.60. The average Bonchev–Trinajstić information content (AvgIpc) is 2.74. The number of rotatable bonds is 6. The van der Waals surface area contributed by atoms with Crippen molar-refractivity contribution in [3.8, 4) is 34.5 Å². The number of hydrogen-bond donors (Lipinski definition) is 0. The molecule has 4 rings (SSSR count). The maximum absolute atomic E-state index is 6.12. The third-order valence-electron chi connectivity index (χ3n) is 4.01. The lowest BCUT2D eigenvalue weighted by atomic mass is 10.3. The van der Waals surface area contributed by atoms with Gasteiger partial charge in [-0.05, 0) is 72.8 Å². The van der Waals surface area contributed by atoms with Gasteiger partial charge in [0.1, 0.15) is 34.5 Å². The maximum Gasteiger partial charge on any atom is 0.146 e. The molecule has 0 heterocycles. The maximum atomic E-state index is 6.12. The number of benzene rings is 4. The standard InChI is InChI=1S/C24H16Cl2O3/c25-21-5-1-3-7-23(21)28-19-13-9-17(10-14-19)27-18-11-15-20(16-12-18)29-24-8-4-2-6-22(24)26/h1-16H. The Hall–Kier alpha value is -3.14. The second-order valence-corrected chi connectivity index (χ2v) is 6.92. The first-order valence-corrected chi connectivity index (χ1v) is 9.66. The summed E-state index contributed by atoms with van der Waals surface area (Å²) in [5.41, 5.74) is 0. The number of halogens is 2. The first kappa shape index (κ1) is 19.2. The van der Waals surface area contributed by atoms with Crippen LogP contribution in [0.2, 0.25) is 10.0 Å². The molecule has 0 radical (unpaired) electrons. The van der Waals surface area contributed by atoms with E-state index < -0.39 is 0 Å². The topological polar surface area (TPSA) is 27.7 Å². The van der Waals surface area contributed by atoms with E-state index in [2.05, 4.69) is 0 Å². The molecular weight excluding hydrogens is 407 g/mol. The van der Waals surface area contributed by atoms with E-state index in [-0.39, 0.29) is 0 Å². The van der Waals surface area contributed by atoms with Gasteiger partial charge < -0.3 is 14.2 Å². The van der Waals surface area contributed by atoms with Crippen LogP contribution in [0, 0.1) is 0 Å². The second kappa shape index (κ2) is 8.91. The summed E-state index contributed by atoms with van der Waals surface area (Å²) in [6.07, 6.45) is 0. The van der Waals surface area contributed by atoms with Gasteiger partial charge >= 0.3 is 0 Å². The van der Waals surface area contributed by atoms with E-state index in [0.717, 1.165) is 0 Å². The first-order chi connectivity index (χ1) is 14.2. The van der Waals surface area contributed by atoms with Crippen LogP contribution < -0.4 is 14.2 Å². The zero-order valence-electron chi connectivity index (χ0n) is 15.2. The Bertz CT molecular complexity index is 1000. The van der Waals surface area contributed by atoms with E-state index in [9.17, 15) is 0 Å². The van der Waals surface area contributed by atoms with Crippen LogP contribution in [0.4, 0.5) is 0 Å². The smallest absolute Gasteiger partial charge is 0.146 e. The Kier molecular flexibility index (Phi) is 5.89. The molecule has 0 aliphatic carbocycles. The van der Waals surface area contributed by atoms with E-state index >= 15 is 0 Å². The number of para-hydroxylation sites is 2. The van der Waals surface area contributed by atoms with E-state index in [4.69, 9.17) is 37.4 Å². The highest BCUT2D eigenvalue weighted by atomic mass is 35.5. The second-order valence-electron chi connectivity index (χ2n) is 6.11. The summed E-state index contributed by atoms with van der Waals surface area (Å²) in [6.45, 7) is 0. The molecule has 0 saturated carbocycles. The molecule has 0 saturated heterocycles. The molecule has 0 spiro atoms. The lowest BCUT2D eigenvalue weighted by molar-refractivity contribution is 0.464. The van der Waals surface area contributed by atoms with Crippen LogP contribution in [0.5, 0.6) is 34.5 Å². The lowest BCUT2D eigenvalue weighted by Crippen LogP contribution is -1.88. The summed E-state index contributed by atoms with van der Waals surface area (Å²) >= 11 is 12.2. The fourth-order valence-corrected chi connectivity index (χ4v) is 2.95. The zero-order chi connectivity index (χ0) is 20.1. The van der Waals surface area contributed by atoms with Gasteiger partial charge in [-0.1, -0.05) is 47.5 Å². The SMILES string of the molecule is Clc1ccccc1Oc1ccc(Oc2ccc(Oc3ccccc3Cl)cc2)cc1. The van der Waals surface area contributed by atoms with Crippen molar-refractivity contribution in [2.45, 2.75) is 0 Å². The molecular formula is C24H16Cl2O3. The molecule has 5 heteroatoms. The van der Waals surface area contributed by atoms with Crippen molar-refractivity contribution in [3.63, 3.8) is 0 Å². The van der Waals surface area contributed by atoms with Crippen molar-refractivity contribution < 1.29 is 14.2 Å². The van der Waals surface area contributed by atoms with Crippen molar-refractivity contribution in [2.75, 3.05) is 0 Å². The molecule has 0 unspecified atom stereocenters. The molecule has 0 aliphatic rings. The summed E-state index contributed by atoms with van der Waals surface area (Å²) in [4.78, 5) is 0. The van der Waals surface area contributed by atoms with Crippen LogP contribution in [0.15, 0.2) is 97.1 Å². The van der Waals surface area contributed by atoms with Crippen molar-refractivity contribution in [1.82, 2.24) is 0 Å². The van der Waals surface area contributed by atoms with Gasteiger partial charge in [0, 0.05) is 0 Å². The minimum absolute atomic E-state index is 0.562. The Labute approximate surface area is 179 Å². The zero-order valence-corrected chi connectivity index (χ0v) is 16.7. The van der Waals surface area contributed by atoms with E-state index in [0.29, 0.717) is 44.5 Å². The van der Waals surface area contributed by atoms with Gasteiger partial charge in [-0.3, -0.25) is 0 Å². The Morgan fingerprint density at radius 2 is 0.690 bits per heavy atom. The monoisotopic (exact) mass is 422 g/mol. The average molecular weight is 423 g/mol. The Morgan fingerprint density at radius 3 is 1.03 bits per heavy atom. The predicted molar refractivity (Wildman–Crippen MR) is 116 cm³/mol. The van der Waals surface area contributed by atoms with Gasteiger partial charge in [-0.25, -0.2) is 0 Å². The molecule has 0 fully saturated rings. The number of ether oxygens (including phenoxy) is 3. The molecule has 144 valence electrons. The molecule has 0 atom stereocenters. The van der Waals surface area contributed by atoms with Crippen molar-refractivity contribution in [2.24, 2.45) is 0 Å². The summed E-state index contributed by atoms with van der Waals surface area (Å²) in [5, 5.41) is 1.12. The highest BCUT2D eigenvalue weighted by Gasteiger charge is 2.05. The molecule has 0 amide bonds. The molecule has 0 aliphatic heterocycles. The van der Waals surface area contributed by atoms with Crippen molar-refractivity contribution in [3.05, 3.63) is 107 Å². The van der Waals surface area contributed by atoms with E-state index in [1.54, 1.807) is 12.1 Å². The van der Waals surface area contributed by atoms with Crippen LogP contribution in [0.1, 0.15) is 0 Å². The van der Waals surface area contributed by atoms with Gasteiger partial charge in [-0.15, -0.1) is 0 Å². The van der Waals surface area contributed by atoms with Crippen molar-refractivity contribution in [1.29, 1.82) is 0 Å². The first-order valence-electron chi connectivity index (χ1n) is 8.90. The highest BCUT2D eigenvalue weighted by Crippen LogP contribution is 2.32. The van der Waals surface area contributed by atoms with Gasteiger partial charge in [-0.2, -0.15) is 0 Å². The van der Waals surface area contributed by atoms with Gasteiger partial charge in [0.2, 0.25) is 0 Å². The van der Waals surface area contributed by atoms with Crippen LogP contribution >= 0.6 is 23.2 Å². The molecule has 3 nitrogen and oxygen atoms in total. The molecule has 0 N–H and O–H groups in total. The van der Waals surface area contributed by atoms with Gasteiger partial charge in [0.25, 0.3) is 0 Å². The fraction of sp³-hybridized carbons (Fsp3) is 0. The Balaban J connectivity index is 1.39. The van der Waals surface area contributed by atoms with E-state index in [1.807, 2.05) is 84.9 Å².